The van der Waals surface area contributed by atoms with Crippen LogP contribution in [0, 0.1) is 5.92 Å². The Morgan fingerprint density at radius 3 is 2.43 bits per heavy atom. The molecule has 0 bridgehead atoms. The summed E-state index contributed by atoms with van der Waals surface area (Å²) in [5, 5.41) is 5.87. The topological polar surface area (TPSA) is 15.3 Å². The minimum atomic E-state index is 0.240. The van der Waals surface area contributed by atoms with Gasteiger partial charge in [0.15, 0.2) is 0 Å². The Bertz CT molecular complexity index is 526. The molecule has 0 aliphatic rings. The molecule has 5 heteroatoms. The summed E-state index contributed by atoms with van der Waals surface area (Å²) < 4.78 is 0.848. The third kappa shape index (κ3) is 4.54. The van der Waals surface area contributed by atoms with Crippen LogP contribution >= 0.6 is 34.3 Å². The molecule has 2 unspecified atom stereocenters. The van der Waals surface area contributed by atoms with Gasteiger partial charge in [-0.3, -0.25) is 0 Å². The molecule has 2 aromatic rings. The summed E-state index contributed by atoms with van der Waals surface area (Å²) in [5.74, 6) is 0.614. The first kappa shape index (κ1) is 17.0. The van der Waals surface area contributed by atoms with Crippen LogP contribution in [0.15, 0.2) is 29.6 Å². The normalized spacial score (nSPS) is 14.8. The summed E-state index contributed by atoms with van der Waals surface area (Å²) >= 11 is 9.56. The fraction of sp³-hybridized carbons (Fsp3) is 0.500. The van der Waals surface area contributed by atoms with Crippen LogP contribution in [0.5, 0.6) is 0 Å². The van der Waals surface area contributed by atoms with Crippen molar-refractivity contribution in [2.45, 2.75) is 25.9 Å². The van der Waals surface area contributed by atoms with Crippen LogP contribution in [-0.4, -0.2) is 31.6 Å². The number of halogens is 1. The van der Waals surface area contributed by atoms with Gasteiger partial charge in [0, 0.05) is 22.3 Å². The number of hydrogen-bond donors (Lipinski definition) is 1. The second-order valence-corrected chi connectivity index (χ2v) is 8.50. The van der Waals surface area contributed by atoms with E-state index in [1.54, 1.807) is 22.7 Å². The molecule has 2 heterocycles. The highest BCUT2D eigenvalue weighted by Gasteiger charge is 2.21. The van der Waals surface area contributed by atoms with Gasteiger partial charge in [0.25, 0.3) is 0 Å². The molecule has 0 amide bonds. The van der Waals surface area contributed by atoms with E-state index in [9.17, 15) is 0 Å². The molecule has 0 spiro atoms. The van der Waals surface area contributed by atoms with E-state index < -0.39 is 0 Å². The van der Waals surface area contributed by atoms with E-state index in [0.717, 1.165) is 10.9 Å². The van der Waals surface area contributed by atoms with Gasteiger partial charge < -0.3 is 10.2 Å². The second kappa shape index (κ2) is 7.75. The molecule has 2 aromatic heterocycles. The van der Waals surface area contributed by atoms with Crippen LogP contribution in [-0.2, 0) is 0 Å². The van der Waals surface area contributed by atoms with Crippen molar-refractivity contribution in [3.8, 4) is 0 Å². The van der Waals surface area contributed by atoms with Gasteiger partial charge in [0.05, 0.1) is 10.4 Å². The molecule has 2 rings (SSSR count). The van der Waals surface area contributed by atoms with Crippen LogP contribution < -0.4 is 5.32 Å². The van der Waals surface area contributed by atoms with Gasteiger partial charge in [-0.05, 0) is 43.6 Å². The monoisotopic (exact) mass is 342 g/mol. The van der Waals surface area contributed by atoms with Crippen molar-refractivity contribution < 1.29 is 0 Å². The fourth-order valence-corrected chi connectivity index (χ4v) is 4.58. The average molecular weight is 343 g/mol. The van der Waals surface area contributed by atoms with Crippen molar-refractivity contribution >= 4 is 34.3 Å². The second-order valence-electron chi connectivity index (χ2n) is 5.77. The zero-order valence-electron chi connectivity index (χ0n) is 13.0. The summed E-state index contributed by atoms with van der Waals surface area (Å²) in [6.07, 6.45) is 0. The number of nitrogens with zero attached hydrogens (tertiary/aromatic N) is 1. The third-order valence-electron chi connectivity index (χ3n) is 3.67. The number of rotatable bonds is 7. The van der Waals surface area contributed by atoms with Crippen molar-refractivity contribution in [2.24, 2.45) is 5.92 Å². The molecule has 0 saturated carbocycles. The average Bonchev–Trinajstić information content (AvgIpc) is 3.05. The Morgan fingerprint density at radius 1 is 1.19 bits per heavy atom. The zero-order valence-corrected chi connectivity index (χ0v) is 15.4. The Hall–Kier alpha value is -0.390. The Balaban J connectivity index is 2.14. The Kier molecular flexibility index (Phi) is 6.26. The highest BCUT2D eigenvalue weighted by atomic mass is 35.5. The molecular formula is C16H23ClN2S2. The van der Waals surface area contributed by atoms with Crippen LogP contribution in [0.2, 0.25) is 4.34 Å². The van der Waals surface area contributed by atoms with Gasteiger partial charge in [-0.2, -0.15) is 0 Å². The van der Waals surface area contributed by atoms with Gasteiger partial charge in [0.2, 0.25) is 0 Å². The fourth-order valence-electron chi connectivity index (χ4n) is 2.53. The smallest absolute Gasteiger partial charge is 0.0931 e. The molecule has 0 aromatic carbocycles. The maximum atomic E-state index is 6.12. The van der Waals surface area contributed by atoms with Crippen molar-refractivity contribution in [3.63, 3.8) is 0 Å². The van der Waals surface area contributed by atoms with E-state index in [1.165, 1.54) is 9.75 Å². The summed E-state index contributed by atoms with van der Waals surface area (Å²) in [4.78, 5) is 4.92. The lowest BCUT2D eigenvalue weighted by Gasteiger charge is -2.30. The Labute approximate surface area is 140 Å². The minimum Gasteiger partial charge on any atom is -0.305 e. The van der Waals surface area contributed by atoms with E-state index in [-0.39, 0.29) is 6.04 Å². The quantitative estimate of drug-likeness (QED) is 0.782. The predicted molar refractivity (Wildman–Crippen MR) is 95.8 cm³/mol. The first-order valence-corrected chi connectivity index (χ1v) is 9.25. The first-order valence-electron chi connectivity index (χ1n) is 7.17. The van der Waals surface area contributed by atoms with Crippen LogP contribution in [0.4, 0.5) is 0 Å². The summed E-state index contributed by atoms with van der Waals surface area (Å²) in [7, 11) is 4.29. The molecule has 0 fully saturated rings. The van der Waals surface area contributed by atoms with Crippen LogP contribution in [0.3, 0.4) is 0 Å². The highest BCUT2D eigenvalue weighted by Crippen LogP contribution is 2.33. The third-order valence-corrected chi connectivity index (χ3v) is 5.90. The van der Waals surface area contributed by atoms with Gasteiger partial charge in [-0.25, -0.2) is 0 Å². The molecule has 21 heavy (non-hydrogen) atoms. The molecule has 0 radical (unpaired) electrons. The van der Waals surface area contributed by atoms with E-state index in [1.807, 2.05) is 6.07 Å². The highest BCUT2D eigenvalue weighted by molar-refractivity contribution is 7.16. The summed E-state index contributed by atoms with van der Waals surface area (Å²) in [6.45, 7) is 5.51. The molecule has 2 atom stereocenters. The van der Waals surface area contributed by atoms with Gasteiger partial charge in [-0.1, -0.05) is 31.5 Å². The summed E-state index contributed by atoms with van der Waals surface area (Å²) in [6, 6.07) is 9.16. The summed E-state index contributed by atoms with van der Waals surface area (Å²) in [5.41, 5.74) is 0. The molecule has 1 N–H and O–H groups in total. The maximum absolute atomic E-state index is 6.12. The number of nitrogens with one attached hydrogen (secondary N) is 1. The zero-order chi connectivity index (χ0) is 15.4. The van der Waals surface area contributed by atoms with Gasteiger partial charge in [0.1, 0.15) is 0 Å². The lowest BCUT2D eigenvalue weighted by Crippen LogP contribution is -2.42. The number of thiophene rings is 2. The molecule has 0 aliphatic heterocycles. The molecule has 0 saturated heterocycles. The largest absolute Gasteiger partial charge is 0.305 e. The number of hydrogen-bond acceptors (Lipinski definition) is 4. The van der Waals surface area contributed by atoms with Crippen LogP contribution in [0.1, 0.15) is 29.6 Å². The van der Waals surface area contributed by atoms with Gasteiger partial charge >= 0.3 is 0 Å². The molecular weight excluding hydrogens is 320 g/mol. The van der Waals surface area contributed by atoms with E-state index in [4.69, 9.17) is 11.6 Å². The molecule has 116 valence electrons. The maximum Gasteiger partial charge on any atom is 0.0931 e. The van der Waals surface area contributed by atoms with E-state index in [0.29, 0.717) is 12.0 Å². The van der Waals surface area contributed by atoms with Gasteiger partial charge in [-0.15, -0.1) is 22.7 Å². The Morgan fingerprint density at radius 2 is 1.95 bits per heavy atom. The lowest BCUT2D eigenvalue weighted by atomic mass is 10.0. The minimum absolute atomic E-state index is 0.240. The lowest BCUT2D eigenvalue weighted by molar-refractivity contribution is 0.221. The van der Waals surface area contributed by atoms with Crippen molar-refractivity contribution in [1.29, 1.82) is 0 Å². The number of likely N-dealkylation sites (N-methyl/N-ethyl adjacent to an activating group) is 1. The molecule has 2 nitrogen and oxygen atoms in total. The SMILES string of the molecule is CC(C)C(CNC(c1cccs1)c1ccc(Cl)s1)N(C)C. The van der Waals surface area contributed by atoms with Crippen molar-refractivity contribution in [1.82, 2.24) is 10.2 Å². The van der Waals surface area contributed by atoms with E-state index in [2.05, 4.69) is 61.7 Å². The first-order chi connectivity index (χ1) is 9.99. The van der Waals surface area contributed by atoms with Crippen molar-refractivity contribution in [3.05, 3.63) is 43.7 Å². The van der Waals surface area contributed by atoms with Crippen LogP contribution in [0.25, 0.3) is 0 Å². The standard InChI is InChI=1S/C16H23ClN2S2/c1-11(2)12(19(3)4)10-18-16(13-6-5-9-20-13)14-7-8-15(17)21-14/h5-9,11-12,16,18H,10H2,1-4H3. The van der Waals surface area contributed by atoms with E-state index >= 15 is 0 Å². The predicted octanol–water partition coefficient (Wildman–Crippen LogP) is 4.73. The molecule has 0 aliphatic carbocycles. The van der Waals surface area contributed by atoms with Crippen molar-refractivity contribution in [2.75, 3.05) is 20.6 Å².